The van der Waals surface area contributed by atoms with Crippen LogP contribution >= 0.6 is 46.4 Å². The van der Waals surface area contributed by atoms with Crippen molar-refractivity contribution in [3.05, 3.63) is 0 Å². The van der Waals surface area contributed by atoms with Gasteiger partial charge in [-0.05, 0) is 18.3 Å². The van der Waals surface area contributed by atoms with Crippen molar-refractivity contribution >= 4 is 58.3 Å². The van der Waals surface area contributed by atoms with Crippen LogP contribution in [0.3, 0.4) is 0 Å². The molecule has 8 heteroatoms. The predicted octanol–water partition coefficient (Wildman–Crippen LogP) is 3.65. The zero-order valence-corrected chi connectivity index (χ0v) is 15.5. The zero-order valence-electron chi connectivity index (χ0n) is 12.5. The van der Waals surface area contributed by atoms with Crippen molar-refractivity contribution < 1.29 is 14.3 Å². The monoisotopic (exact) mass is 379 g/mol. The van der Waals surface area contributed by atoms with Crippen LogP contribution in [-0.2, 0) is 14.3 Å². The maximum atomic E-state index is 12.2. The Bertz CT molecular complexity index is 352. The molecule has 4 nitrogen and oxygen atoms in total. The molecule has 0 aromatic heterocycles. The molecule has 0 fully saturated rings. The van der Waals surface area contributed by atoms with E-state index in [0.717, 1.165) is 0 Å². The summed E-state index contributed by atoms with van der Waals surface area (Å²) in [7, 11) is 2.81. The maximum absolute atomic E-state index is 12.2. The SMILES string of the molecule is COC(=O)C(CC(C)C(Cl)Cl)N(C)C(=O)CC(C)C(Cl)Cl. The molecule has 0 aliphatic rings. The lowest BCUT2D eigenvalue weighted by atomic mass is 10.0. The average molecular weight is 381 g/mol. The van der Waals surface area contributed by atoms with Crippen LogP contribution in [-0.4, -0.2) is 46.6 Å². The normalized spacial score (nSPS) is 15.7. The number of hydrogen-bond donors (Lipinski definition) is 0. The van der Waals surface area contributed by atoms with E-state index in [0.29, 0.717) is 6.42 Å². The number of rotatable bonds is 8. The Kier molecular flexibility index (Phi) is 10.0. The van der Waals surface area contributed by atoms with Gasteiger partial charge in [-0.2, -0.15) is 0 Å². The van der Waals surface area contributed by atoms with Crippen molar-refractivity contribution in [3.8, 4) is 0 Å². The fourth-order valence-electron chi connectivity index (χ4n) is 1.69. The fourth-order valence-corrected chi connectivity index (χ4v) is 2.07. The number of halogens is 4. The van der Waals surface area contributed by atoms with Crippen LogP contribution in [0.15, 0.2) is 0 Å². The first kappa shape index (κ1) is 21.1. The van der Waals surface area contributed by atoms with Gasteiger partial charge in [0.1, 0.15) is 15.7 Å². The van der Waals surface area contributed by atoms with E-state index < -0.39 is 21.7 Å². The van der Waals surface area contributed by atoms with Gasteiger partial charge in [0.15, 0.2) is 0 Å². The van der Waals surface area contributed by atoms with Crippen LogP contribution in [0, 0.1) is 11.8 Å². The number of alkyl halides is 4. The Balaban J connectivity index is 4.90. The fraction of sp³-hybridized carbons (Fsp3) is 0.846. The molecule has 21 heavy (non-hydrogen) atoms. The molecule has 3 atom stereocenters. The van der Waals surface area contributed by atoms with Gasteiger partial charge in [-0.3, -0.25) is 4.79 Å². The molecule has 0 aromatic carbocycles. The summed E-state index contributed by atoms with van der Waals surface area (Å²) in [6.07, 6.45) is 0.452. The summed E-state index contributed by atoms with van der Waals surface area (Å²) in [4.78, 5) is 24.2. The van der Waals surface area contributed by atoms with Gasteiger partial charge in [0.25, 0.3) is 0 Å². The highest BCUT2D eigenvalue weighted by molar-refractivity contribution is 6.44. The van der Waals surface area contributed by atoms with Gasteiger partial charge in [-0.1, -0.05) is 13.8 Å². The zero-order chi connectivity index (χ0) is 16.7. The van der Waals surface area contributed by atoms with Crippen LogP contribution < -0.4 is 0 Å². The predicted molar refractivity (Wildman–Crippen MR) is 87.1 cm³/mol. The van der Waals surface area contributed by atoms with E-state index in [2.05, 4.69) is 0 Å². The number of nitrogens with zero attached hydrogens (tertiary/aromatic N) is 1. The Morgan fingerprint density at radius 3 is 1.90 bits per heavy atom. The maximum Gasteiger partial charge on any atom is 0.328 e. The number of amides is 1. The van der Waals surface area contributed by atoms with Gasteiger partial charge in [0, 0.05) is 13.5 Å². The van der Waals surface area contributed by atoms with E-state index in [9.17, 15) is 9.59 Å². The summed E-state index contributed by atoms with van der Waals surface area (Å²) < 4.78 is 4.75. The van der Waals surface area contributed by atoms with Crippen molar-refractivity contribution in [3.63, 3.8) is 0 Å². The first-order valence-corrected chi connectivity index (χ1v) is 8.26. The van der Waals surface area contributed by atoms with Crippen LogP contribution in [0.5, 0.6) is 0 Å². The molecular weight excluding hydrogens is 360 g/mol. The highest BCUT2D eigenvalue weighted by Gasteiger charge is 2.31. The molecule has 3 unspecified atom stereocenters. The van der Waals surface area contributed by atoms with Crippen LogP contribution in [0.4, 0.5) is 0 Å². The van der Waals surface area contributed by atoms with Crippen molar-refractivity contribution in [2.75, 3.05) is 14.2 Å². The molecule has 0 bridgehead atoms. The third-order valence-corrected chi connectivity index (χ3v) is 5.01. The Morgan fingerprint density at radius 2 is 1.52 bits per heavy atom. The summed E-state index contributed by atoms with van der Waals surface area (Å²) in [5.74, 6) is -1.13. The summed E-state index contributed by atoms with van der Waals surface area (Å²) in [5, 5.41) is 0. The van der Waals surface area contributed by atoms with Gasteiger partial charge >= 0.3 is 5.97 Å². The molecule has 124 valence electrons. The summed E-state index contributed by atoms with van der Waals surface area (Å²) in [5.41, 5.74) is 0. The van der Waals surface area contributed by atoms with E-state index in [1.54, 1.807) is 13.8 Å². The Morgan fingerprint density at radius 1 is 1.05 bits per heavy atom. The molecule has 0 aliphatic carbocycles. The molecule has 0 aromatic rings. The van der Waals surface area contributed by atoms with Gasteiger partial charge in [0.2, 0.25) is 5.91 Å². The summed E-state index contributed by atoms with van der Waals surface area (Å²) in [6.45, 7) is 3.56. The number of carbonyl (C=O) groups is 2. The van der Waals surface area contributed by atoms with Crippen LogP contribution in [0.2, 0.25) is 0 Å². The van der Waals surface area contributed by atoms with E-state index in [-0.39, 0.29) is 24.2 Å². The third kappa shape index (κ3) is 7.27. The van der Waals surface area contributed by atoms with Gasteiger partial charge in [0.05, 0.1) is 7.11 Å². The van der Waals surface area contributed by atoms with Crippen molar-refractivity contribution in [2.45, 2.75) is 42.4 Å². The highest BCUT2D eigenvalue weighted by Crippen LogP contribution is 2.24. The molecule has 0 radical (unpaired) electrons. The van der Waals surface area contributed by atoms with E-state index in [1.807, 2.05) is 0 Å². The standard InChI is InChI=1S/C13H21Cl4NO3/c1-7(11(14)15)5-9(13(20)21-4)18(3)10(19)6-8(2)12(16)17/h7-9,11-12H,5-6H2,1-4H3. The van der Waals surface area contributed by atoms with E-state index >= 15 is 0 Å². The van der Waals surface area contributed by atoms with E-state index in [1.165, 1.54) is 19.1 Å². The summed E-state index contributed by atoms with van der Waals surface area (Å²) >= 11 is 23.1. The molecule has 0 spiro atoms. The quantitative estimate of drug-likeness (QED) is 0.477. The smallest absolute Gasteiger partial charge is 0.328 e. The second-order valence-electron chi connectivity index (χ2n) is 5.11. The second-order valence-corrected chi connectivity index (χ2v) is 7.43. The lowest BCUT2D eigenvalue weighted by Gasteiger charge is -2.29. The minimum absolute atomic E-state index is 0.140. The van der Waals surface area contributed by atoms with Gasteiger partial charge < -0.3 is 9.64 Å². The average Bonchev–Trinajstić information content (AvgIpc) is 2.42. The number of carbonyl (C=O) groups excluding carboxylic acids is 2. The Labute approximate surface area is 146 Å². The lowest BCUT2D eigenvalue weighted by molar-refractivity contribution is -0.152. The molecule has 0 heterocycles. The number of ether oxygens (including phenoxy) is 1. The highest BCUT2D eigenvalue weighted by atomic mass is 35.5. The van der Waals surface area contributed by atoms with Crippen molar-refractivity contribution in [2.24, 2.45) is 11.8 Å². The van der Waals surface area contributed by atoms with Crippen molar-refractivity contribution in [1.29, 1.82) is 0 Å². The minimum Gasteiger partial charge on any atom is -0.467 e. The largest absolute Gasteiger partial charge is 0.467 e. The molecule has 0 N–H and O–H groups in total. The lowest BCUT2D eigenvalue weighted by Crippen LogP contribution is -2.45. The minimum atomic E-state index is -0.742. The van der Waals surface area contributed by atoms with Gasteiger partial charge in [-0.25, -0.2) is 4.79 Å². The molecular formula is C13H21Cl4NO3. The first-order valence-electron chi connectivity index (χ1n) is 6.51. The number of hydrogen-bond acceptors (Lipinski definition) is 3. The second kappa shape index (κ2) is 9.98. The molecule has 0 saturated carbocycles. The third-order valence-electron chi connectivity index (χ3n) is 3.29. The molecule has 0 saturated heterocycles. The Hall–Kier alpha value is 0.1000. The van der Waals surface area contributed by atoms with Crippen LogP contribution in [0.25, 0.3) is 0 Å². The number of esters is 1. The molecule has 1 amide bonds. The topological polar surface area (TPSA) is 46.6 Å². The van der Waals surface area contributed by atoms with Crippen LogP contribution in [0.1, 0.15) is 26.7 Å². The number of methoxy groups -OCH3 is 1. The molecule has 0 rings (SSSR count). The van der Waals surface area contributed by atoms with E-state index in [4.69, 9.17) is 51.1 Å². The first-order chi connectivity index (χ1) is 9.61. The van der Waals surface area contributed by atoms with Gasteiger partial charge in [-0.15, -0.1) is 46.4 Å². The molecule has 0 aliphatic heterocycles. The van der Waals surface area contributed by atoms with Crippen molar-refractivity contribution in [1.82, 2.24) is 4.90 Å². The summed E-state index contributed by atoms with van der Waals surface area (Å²) in [6, 6.07) is -0.742. The number of likely N-dealkylation sites (N-methyl/N-ethyl adjacent to an activating group) is 1.